The van der Waals surface area contributed by atoms with E-state index >= 15 is 0 Å². The highest BCUT2D eigenvalue weighted by Gasteiger charge is 2.46. The van der Waals surface area contributed by atoms with Gasteiger partial charge in [-0.1, -0.05) is 226 Å². The lowest BCUT2D eigenvalue weighted by Crippen LogP contribution is -2.60. The van der Waals surface area contributed by atoms with Crippen LogP contribution in [0.25, 0.3) is 0 Å². The Balaban J connectivity index is 2.32. The van der Waals surface area contributed by atoms with Crippen molar-refractivity contribution < 1.29 is 56.8 Å². The molecule has 6 atom stereocenters. The van der Waals surface area contributed by atoms with E-state index in [0.717, 1.165) is 38.5 Å². The molecular weight excluding hydrogens is 825 g/mol. The molecule has 1 aliphatic heterocycles. The van der Waals surface area contributed by atoms with E-state index in [1.807, 2.05) is 0 Å². The number of carbonyl (C=O) groups is 2. The van der Waals surface area contributed by atoms with Crippen molar-refractivity contribution in [3.05, 3.63) is 0 Å². The number of rotatable bonds is 45. The molecule has 6 unspecified atom stereocenters. The molecule has 0 spiro atoms. The SMILES string of the molecule is CCCCCCCCCCCCCCCCCCCCCCCCC(=O)OC(COC(=O)CCCCCCCCCCCCCCC)COC1OC(CS(=O)(=O)O)C(O)C(O)C1O. The molecule has 0 saturated carbocycles. The largest absolute Gasteiger partial charge is 0.462 e. The van der Waals surface area contributed by atoms with Gasteiger partial charge in [-0.05, 0) is 12.8 Å². The number of unbranched alkanes of at least 4 members (excludes halogenated alkanes) is 33. The fourth-order valence-corrected chi connectivity index (χ4v) is 9.08. The van der Waals surface area contributed by atoms with Gasteiger partial charge >= 0.3 is 11.9 Å². The Morgan fingerprint density at radius 3 is 1.16 bits per heavy atom. The predicted molar refractivity (Wildman–Crippen MR) is 252 cm³/mol. The van der Waals surface area contributed by atoms with E-state index in [-0.39, 0.29) is 19.4 Å². The smallest absolute Gasteiger partial charge is 0.306 e. The van der Waals surface area contributed by atoms with Crippen LogP contribution in [0.5, 0.6) is 0 Å². The molecule has 0 aromatic heterocycles. The zero-order chi connectivity index (χ0) is 46.2. The first-order valence-corrected chi connectivity index (χ1v) is 27.7. The first kappa shape index (κ1) is 59.7. The van der Waals surface area contributed by atoms with Gasteiger partial charge in [0.15, 0.2) is 12.4 Å². The van der Waals surface area contributed by atoms with Gasteiger partial charge in [0.25, 0.3) is 10.1 Å². The lowest BCUT2D eigenvalue weighted by Gasteiger charge is -2.40. The molecule has 4 N–H and O–H groups in total. The van der Waals surface area contributed by atoms with E-state index < -0.39 is 71.2 Å². The molecule has 1 saturated heterocycles. The number of aliphatic hydroxyl groups excluding tert-OH is 3. The minimum Gasteiger partial charge on any atom is -0.462 e. The number of carbonyl (C=O) groups excluding carboxylic acids is 2. The quantitative estimate of drug-likeness (QED) is 0.0258. The summed E-state index contributed by atoms with van der Waals surface area (Å²) in [5.41, 5.74) is 0. The van der Waals surface area contributed by atoms with Gasteiger partial charge in [0.2, 0.25) is 0 Å². The Labute approximate surface area is 384 Å². The number of hydrogen-bond acceptors (Lipinski definition) is 11. The molecule has 0 aromatic rings. The van der Waals surface area contributed by atoms with Crippen LogP contribution in [0.15, 0.2) is 0 Å². The van der Waals surface area contributed by atoms with Gasteiger partial charge in [-0.3, -0.25) is 14.1 Å². The molecule has 374 valence electrons. The van der Waals surface area contributed by atoms with Gasteiger partial charge in [0.05, 0.1) is 6.61 Å². The summed E-state index contributed by atoms with van der Waals surface area (Å²) in [6.07, 6.45) is 34.3. The maximum absolute atomic E-state index is 12.9. The summed E-state index contributed by atoms with van der Waals surface area (Å²) in [7, 11) is -4.60. The van der Waals surface area contributed by atoms with Gasteiger partial charge in [0, 0.05) is 12.8 Å². The zero-order valence-electron chi connectivity index (χ0n) is 40.2. The fraction of sp³-hybridized carbons (Fsp3) is 0.960. The lowest BCUT2D eigenvalue weighted by atomic mass is 10.00. The molecule has 0 bridgehead atoms. The van der Waals surface area contributed by atoms with E-state index in [4.69, 9.17) is 18.9 Å². The normalized spacial score (nSPS) is 19.6. The Morgan fingerprint density at radius 1 is 0.476 bits per heavy atom. The molecule has 0 radical (unpaired) electrons. The van der Waals surface area contributed by atoms with Crippen LogP contribution in [0.4, 0.5) is 0 Å². The highest BCUT2D eigenvalue weighted by atomic mass is 32.2. The molecule has 0 amide bonds. The molecule has 13 heteroatoms. The molecule has 0 aromatic carbocycles. The van der Waals surface area contributed by atoms with Crippen LogP contribution in [0, 0.1) is 0 Å². The van der Waals surface area contributed by atoms with Crippen LogP contribution in [-0.2, 0) is 38.7 Å². The van der Waals surface area contributed by atoms with Gasteiger partial charge in [-0.25, -0.2) is 0 Å². The number of aliphatic hydroxyl groups is 3. The second kappa shape index (κ2) is 40.9. The van der Waals surface area contributed by atoms with Crippen molar-refractivity contribution in [3.8, 4) is 0 Å². The summed E-state index contributed by atoms with van der Waals surface area (Å²) in [4.78, 5) is 25.5. The molecule has 63 heavy (non-hydrogen) atoms. The summed E-state index contributed by atoms with van der Waals surface area (Å²) in [6, 6.07) is 0. The molecular formula is C50H96O12S. The second-order valence-electron chi connectivity index (χ2n) is 18.6. The van der Waals surface area contributed by atoms with Crippen molar-refractivity contribution in [2.24, 2.45) is 0 Å². The lowest BCUT2D eigenvalue weighted by molar-refractivity contribution is -0.297. The van der Waals surface area contributed by atoms with E-state index in [1.54, 1.807) is 0 Å². The van der Waals surface area contributed by atoms with Gasteiger partial charge in [-0.15, -0.1) is 0 Å². The van der Waals surface area contributed by atoms with E-state index in [2.05, 4.69) is 13.8 Å². The van der Waals surface area contributed by atoms with Gasteiger partial charge in [-0.2, -0.15) is 8.42 Å². The molecule has 12 nitrogen and oxygen atoms in total. The summed E-state index contributed by atoms with van der Waals surface area (Å²) in [5, 5.41) is 31.0. The second-order valence-corrected chi connectivity index (χ2v) is 20.1. The summed E-state index contributed by atoms with van der Waals surface area (Å²) >= 11 is 0. The standard InChI is InChI=1S/C50H96O12S/c1-3-5-7-9-11-13-15-17-18-19-20-21-22-23-24-25-27-29-31-33-35-37-39-46(52)61-43(41-60-50-49(55)48(54)47(53)44(62-50)42-63(56,57)58)40-59-45(51)38-36-34-32-30-28-26-16-14-12-10-8-6-4-2/h43-44,47-50,53-55H,3-42H2,1-2H3,(H,56,57,58). The summed E-state index contributed by atoms with van der Waals surface area (Å²) in [5.74, 6) is -1.96. The topological polar surface area (TPSA) is 186 Å². The first-order valence-electron chi connectivity index (χ1n) is 26.1. The van der Waals surface area contributed by atoms with E-state index in [9.17, 15) is 37.9 Å². The maximum Gasteiger partial charge on any atom is 0.306 e. The first-order chi connectivity index (χ1) is 30.5. The van der Waals surface area contributed by atoms with Gasteiger partial charge < -0.3 is 34.3 Å². The Hall–Kier alpha value is -1.35. The van der Waals surface area contributed by atoms with Crippen LogP contribution in [0.1, 0.15) is 251 Å². The minimum absolute atomic E-state index is 0.173. The van der Waals surface area contributed by atoms with Crippen molar-refractivity contribution in [2.75, 3.05) is 19.0 Å². The van der Waals surface area contributed by atoms with Crippen molar-refractivity contribution in [1.82, 2.24) is 0 Å². The Kier molecular flexibility index (Phi) is 38.7. The van der Waals surface area contributed by atoms with Crippen LogP contribution in [0.3, 0.4) is 0 Å². The molecule has 1 rings (SSSR count). The zero-order valence-corrected chi connectivity index (χ0v) is 41.0. The monoisotopic (exact) mass is 921 g/mol. The number of ether oxygens (including phenoxy) is 4. The summed E-state index contributed by atoms with van der Waals surface area (Å²) in [6.45, 7) is 3.81. The van der Waals surface area contributed by atoms with Crippen molar-refractivity contribution in [2.45, 2.75) is 288 Å². The highest BCUT2D eigenvalue weighted by molar-refractivity contribution is 7.85. The highest BCUT2D eigenvalue weighted by Crippen LogP contribution is 2.24. The van der Waals surface area contributed by atoms with E-state index in [1.165, 1.54) is 173 Å². The van der Waals surface area contributed by atoms with E-state index in [0.29, 0.717) is 12.8 Å². The van der Waals surface area contributed by atoms with Crippen LogP contribution >= 0.6 is 0 Å². The molecule has 1 fully saturated rings. The average Bonchev–Trinajstić information content (AvgIpc) is 3.25. The minimum atomic E-state index is -4.60. The molecule has 1 heterocycles. The fourth-order valence-electron chi connectivity index (χ4n) is 8.39. The third kappa shape index (κ3) is 35.5. The summed E-state index contributed by atoms with van der Waals surface area (Å²) < 4.78 is 54.2. The maximum atomic E-state index is 12.9. The number of esters is 2. The Bertz CT molecular complexity index is 1170. The third-order valence-electron chi connectivity index (χ3n) is 12.4. The van der Waals surface area contributed by atoms with Crippen LogP contribution in [-0.4, -0.2) is 96.0 Å². The van der Waals surface area contributed by atoms with Crippen LogP contribution in [0.2, 0.25) is 0 Å². The van der Waals surface area contributed by atoms with Crippen molar-refractivity contribution >= 4 is 22.1 Å². The van der Waals surface area contributed by atoms with Crippen molar-refractivity contribution in [3.63, 3.8) is 0 Å². The third-order valence-corrected chi connectivity index (χ3v) is 13.2. The molecule has 1 aliphatic rings. The van der Waals surface area contributed by atoms with Gasteiger partial charge in [0.1, 0.15) is 36.8 Å². The predicted octanol–water partition coefficient (Wildman–Crippen LogP) is 11.6. The van der Waals surface area contributed by atoms with Crippen LogP contribution < -0.4 is 0 Å². The molecule has 0 aliphatic carbocycles. The Morgan fingerprint density at radius 2 is 0.810 bits per heavy atom. The average molecular weight is 921 g/mol. The number of hydrogen-bond donors (Lipinski definition) is 4. The van der Waals surface area contributed by atoms with Crippen molar-refractivity contribution in [1.29, 1.82) is 0 Å².